The Hall–Kier alpha value is -2.19. The molecule has 0 amide bonds. The van der Waals surface area contributed by atoms with Crippen molar-refractivity contribution in [2.75, 3.05) is 26.4 Å². The Balaban J connectivity index is 2.45. The third-order valence-corrected chi connectivity index (χ3v) is 11.0. The first-order valence-corrected chi connectivity index (χ1v) is 23.3. The summed E-state index contributed by atoms with van der Waals surface area (Å²) in [6, 6.07) is 0. The molecule has 0 bridgehead atoms. The zero-order valence-corrected chi connectivity index (χ0v) is 36.2. The van der Waals surface area contributed by atoms with Crippen molar-refractivity contribution in [1.29, 1.82) is 0 Å². The molecule has 1 fully saturated rings. The van der Waals surface area contributed by atoms with Gasteiger partial charge < -0.3 is 39.9 Å². The molecule has 1 saturated carbocycles. The molecule has 1 aliphatic rings. The van der Waals surface area contributed by atoms with Gasteiger partial charge in [0.2, 0.25) is 0 Å². The van der Waals surface area contributed by atoms with E-state index in [1.54, 1.807) is 6.08 Å². The third-order valence-electron chi connectivity index (χ3n) is 10.1. The van der Waals surface area contributed by atoms with Gasteiger partial charge in [-0.1, -0.05) is 120 Å². The van der Waals surface area contributed by atoms with Gasteiger partial charge in [-0.05, 0) is 63.7 Å². The lowest BCUT2D eigenvalue weighted by Crippen LogP contribution is -2.29. The normalized spacial score (nSPS) is 21.3. The average Bonchev–Trinajstić information content (AvgIpc) is 3.47. The zero-order chi connectivity index (χ0) is 42.9. The molecule has 0 heterocycles. The highest BCUT2D eigenvalue weighted by atomic mass is 31.2. The molecule has 0 radical (unpaired) electrons. The van der Waals surface area contributed by atoms with Crippen LogP contribution < -0.4 is 0 Å². The summed E-state index contributed by atoms with van der Waals surface area (Å²) < 4.78 is 32.7. The van der Waals surface area contributed by atoms with Gasteiger partial charge >= 0.3 is 19.8 Å². The van der Waals surface area contributed by atoms with E-state index in [1.165, 1.54) is 0 Å². The van der Waals surface area contributed by atoms with Gasteiger partial charge in [0.05, 0.1) is 38.1 Å². The predicted molar refractivity (Wildman–Crippen MR) is 226 cm³/mol. The van der Waals surface area contributed by atoms with Crippen LogP contribution in [0.4, 0.5) is 0 Å². The summed E-state index contributed by atoms with van der Waals surface area (Å²) in [7, 11) is -4.68. The maximum absolute atomic E-state index is 12.6. The molecule has 1 rings (SSSR count). The molecule has 1 unspecified atom stereocenters. The van der Waals surface area contributed by atoms with E-state index in [-0.39, 0.29) is 24.7 Å². The van der Waals surface area contributed by atoms with E-state index in [0.29, 0.717) is 32.1 Å². The van der Waals surface area contributed by atoms with Gasteiger partial charge in [0.15, 0.2) is 6.10 Å². The van der Waals surface area contributed by atoms with Crippen molar-refractivity contribution in [3.63, 3.8) is 0 Å². The van der Waals surface area contributed by atoms with Crippen molar-refractivity contribution >= 4 is 19.8 Å². The Labute approximate surface area is 348 Å². The number of hydrogen-bond donors (Lipinski definition) is 6. The van der Waals surface area contributed by atoms with Crippen molar-refractivity contribution in [2.24, 2.45) is 11.8 Å². The van der Waals surface area contributed by atoms with Gasteiger partial charge in [-0.25, -0.2) is 4.57 Å². The molecule has 336 valence electrons. The minimum Gasteiger partial charge on any atom is -0.462 e. The van der Waals surface area contributed by atoms with Gasteiger partial charge in [-0.2, -0.15) is 0 Å². The molecule has 6 N–H and O–H groups in total. The molecular weight excluding hydrogens is 767 g/mol. The highest BCUT2D eigenvalue weighted by Crippen LogP contribution is 2.43. The van der Waals surface area contributed by atoms with Gasteiger partial charge in [0.1, 0.15) is 12.7 Å². The number of phosphoric acid groups is 1. The van der Waals surface area contributed by atoms with Crippen LogP contribution in [0.5, 0.6) is 0 Å². The number of rotatable bonds is 36. The van der Waals surface area contributed by atoms with Crippen LogP contribution in [0.15, 0.2) is 48.6 Å². The second-order valence-corrected chi connectivity index (χ2v) is 16.8. The first-order valence-electron chi connectivity index (χ1n) is 21.9. The fourth-order valence-corrected chi connectivity index (χ4v) is 7.48. The number of allylic oxidation sites excluding steroid dienone is 6. The van der Waals surface area contributed by atoms with Crippen LogP contribution in [0.1, 0.15) is 149 Å². The van der Waals surface area contributed by atoms with E-state index in [2.05, 4.69) is 54.8 Å². The lowest BCUT2D eigenvalue weighted by molar-refractivity contribution is -0.161. The van der Waals surface area contributed by atoms with Crippen LogP contribution in [0.25, 0.3) is 0 Å². The molecule has 13 nitrogen and oxygen atoms in total. The first-order chi connectivity index (χ1) is 27.9. The minimum absolute atomic E-state index is 0.103. The number of carbonyl (C=O) groups is 2. The quantitative estimate of drug-likeness (QED) is 0.0155. The fourth-order valence-electron chi connectivity index (χ4n) is 6.69. The summed E-state index contributed by atoms with van der Waals surface area (Å²) in [5, 5.41) is 49.7. The Morgan fingerprint density at radius 3 is 2.05 bits per heavy atom. The molecule has 8 atom stereocenters. The number of esters is 2. The van der Waals surface area contributed by atoms with Crippen molar-refractivity contribution < 1.29 is 63.1 Å². The molecule has 0 saturated heterocycles. The third kappa shape index (κ3) is 28.3. The van der Waals surface area contributed by atoms with Crippen molar-refractivity contribution in [3.05, 3.63) is 48.6 Å². The molecule has 0 aromatic heterocycles. The van der Waals surface area contributed by atoms with Gasteiger partial charge in [0.25, 0.3) is 0 Å². The highest BCUT2D eigenvalue weighted by molar-refractivity contribution is 7.47. The lowest BCUT2D eigenvalue weighted by atomic mass is 9.88. The number of hydrogen-bond acceptors (Lipinski definition) is 12. The van der Waals surface area contributed by atoms with Gasteiger partial charge in [0, 0.05) is 25.2 Å². The largest absolute Gasteiger partial charge is 0.472 e. The van der Waals surface area contributed by atoms with Crippen molar-refractivity contribution in [1.82, 2.24) is 0 Å². The smallest absolute Gasteiger partial charge is 0.462 e. The maximum Gasteiger partial charge on any atom is 0.472 e. The van der Waals surface area contributed by atoms with Crippen LogP contribution in [0, 0.1) is 11.8 Å². The van der Waals surface area contributed by atoms with E-state index in [4.69, 9.17) is 19.1 Å². The topological polar surface area (TPSA) is 210 Å². The Morgan fingerprint density at radius 1 is 0.741 bits per heavy atom. The van der Waals surface area contributed by atoms with Crippen LogP contribution in [-0.2, 0) is 32.7 Å². The summed E-state index contributed by atoms with van der Waals surface area (Å²) in [4.78, 5) is 35.2. The molecule has 0 aliphatic heterocycles. The van der Waals surface area contributed by atoms with Gasteiger partial charge in [-0.3, -0.25) is 18.6 Å². The van der Waals surface area contributed by atoms with Crippen LogP contribution in [0.2, 0.25) is 0 Å². The van der Waals surface area contributed by atoms with E-state index >= 15 is 0 Å². The molecular formula is C44H77O13P. The van der Waals surface area contributed by atoms with E-state index < -0.39 is 76.7 Å². The lowest BCUT2D eigenvalue weighted by Gasteiger charge is -2.21. The minimum atomic E-state index is -4.68. The summed E-state index contributed by atoms with van der Waals surface area (Å²) >= 11 is 0. The summed E-state index contributed by atoms with van der Waals surface area (Å²) in [5.74, 6) is -1.40. The number of phosphoric ester groups is 1. The fraction of sp³-hybridized carbons (Fsp3) is 0.773. The Morgan fingerprint density at radius 2 is 1.36 bits per heavy atom. The van der Waals surface area contributed by atoms with Crippen LogP contribution >= 0.6 is 7.82 Å². The molecule has 58 heavy (non-hydrogen) atoms. The SMILES string of the molecule is CC/C=C\C/C=C\C/C=C\CCCCCCCC(=O)O[C@H](COC(=O)CCCCCC[C@@H]1[C@@H](/C=C/[C@@H](O)CCCCC)[C@H](O)C[C@@H]1O)COP(=O)(O)OC[C@@H](O)CO. The molecule has 14 heteroatoms. The second kappa shape index (κ2) is 34.5. The number of aliphatic hydroxyl groups excluding tert-OH is 5. The molecule has 0 spiro atoms. The van der Waals surface area contributed by atoms with E-state index in [1.807, 2.05) is 6.08 Å². The highest BCUT2D eigenvalue weighted by Gasteiger charge is 2.39. The molecule has 0 aromatic rings. The number of aliphatic hydroxyl groups is 5. The van der Waals surface area contributed by atoms with E-state index in [9.17, 15) is 39.5 Å². The predicted octanol–water partition coefficient (Wildman–Crippen LogP) is 7.71. The summed E-state index contributed by atoms with van der Waals surface area (Å²) in [6.07, 6.45) is 28.6. The monoisotopic (exact) mass is 845 g/mol. The van der Waals surface area contributed by atoms with Crippen molar-refractivity contribution in [3.8, 4) is 0 Å². The number of ether oxygens (including phenoxy) is 2. The molecule has 0 aromatic carbocycles. The van der Waals surface area contributed by atoms with Crippen molar-refractivity contribution in [2.45, 2.75) is 179 Å². The summed E-state index contributed by atoms with van der Waals surface area (Å²) in [6.45, 7) is 1.90. The molecule has 1 aliphatic carbocycles. The standard InChI is InChI=1S/C44H77O13P/c1-3-5-7-8-9-10-11-12-13-14-15-16-17-18-24-28-44(51)57-38(35-56-58(52,53)55-33-37(47)32-45)34-54-43(50)27-23-20-19-22-26-39-40(42(49)31-41(39)48)30-29-36(46)25-21-6-4-2/h5,7,9-10,12-13,29-30,36-42,45-49H,3-4,6,8,11,14-28,31-35H2,1-2H3,(H,52,53)/b7-5-,10-9-,13-12-,30-29+/t36-,37-,38+,39+,40+,41-,42+/m0/s1. The van der Waals surface area contributed by atoms with Gasteiger partial charge in [-0.15, -0.1) is 0 Å². The Kier molecular flexibility index (Phi) is 32.0. The van der Waals surface area contributed by atoms with Crippen LogP contribution in [-0.4, -0.2) is 99.3 Å². The Bertz CT molecular complexity index is 1220. The first kappa shape index (κ1) is 53.8. The van der Waals surface area contributed by atoms with E-state index in [0.717, 1.165) is 89.9 Å². The number of carbonyl (C=O) groups excluding carboxylic acids is 2. The zero-order valence-electron chi connectivity index (χ0n) is 35.3. The maximum atomic E-state index is 12.6. The number of unbranched alkanes of at least 4 members (excludes halogenated alkanes) is 10. The van der Waals surface area contributed by atoms with Crippen LogP contribution in [0.3, 0.4) is 0 Å². The average molecular weight is 845 g/mol. The summed E-state index contributed by atoms with van der Waals surface area (Å²) in [5.41, 5.74) is 0. The second-order valence-electron chi connectivity index (χ2n) is 15.3.